The molecule has 0 radical (unpaired) electrons. The molecule has 1 aromatic heterocycles. The number of piperazine rings is 1. The number of urea groups is 1. The monoisotopic (exact) mass is 293 g/mol. The van der Waals surface area contributed by atoms with Crippen molar-refractivity contribution in [3.8, 4) is 0 Å². The van der Waals surface area contributed by atoms with Gasteiger partial charge in [-0.3, -0.25) is 4.68 Å². The van der Waals surface area contributed by atoms with Crippen LogP contribution in [0.15, 0.2) is 12.4 Å². The Hall–Kier alpha value is -1.60. The Kier molecular flexibility index (Phi) is 4.40. The van der Waals surface area contributed by atoms with E-state index in [2.05, 4.69) is 22.4 Å². The number of carbonyl (C=O) groups excluding carboxylic acids is 1. The molecule has 2 saturated heterocycles. The second-order valence-corrected chi connectivity index (χ2v) is 5.77. The summed E-state index contributed by atoms with van der Waals surface area (Å²) in [7, 11) is 2.08. The Morgan fingerprint density at radius 2 is 2.00 bits per heavy atom. The lowest BCUT2D eigenvalue weighted by Gasteiger charge is -2.32. The van der Waals surface area contributed by atoms with Crippen LogP contribution in [-0.2, 0) is 4.74 Å². The zero-order chi connectivity index (χ0) is 14.7. The van der Waals surface area contributed by atoms with Gasteiger partial charge in [0.2, 0.25) is 0 Å². The fraction of sp³-hybridized carbons (Fsp3) is 0.714. The minimum absolute atomic E-state index is 0.0328. The van der Waals surface area contributed by atoms with Gasteiger partial charge in [0.15, 0.2) is 0 Å². The second-order valence-electron chi connectivity index (χ2n) is 5.77. The average molecular weight is 293 g/mol. The van der Waals surface area contributed by atoms with Crippen molar-refractivity contribution in [1.29, 1.82) is 0 Å². The molecule has 0 spiro atoms. The average Bonchev–Trinajstić information content (AvgIpc) is 2.97. The predicted molar refractivity (Wildman–Crippen MR) is 79.4 cm³/mol. The maximum atomic E-state index is 12.2. The lowest BCUT2D eigenvalue weighted by Crippen LogP contribution is -2.48. The zero-order valence-electron chi connectivity index (χ0n) is 12.5. The molecule has 0 bridgehead atoms. The molecular weight excluding hydrogens is 270 g/mol. The summed E-state index contributed by atoms with van der Waals surface area (Å²) in [5.41, 5.74) is 0.769. The van der Waals surface area contributed by atoms with E-state index in [9.17, 15) is 4.79 Å². The molecule has 1 aromatic rings. The molecule has 0 saturated carbocycles. The van der Waals surface area contributed by atoms with Gasteiger partial charge < -0.3 is 19.9 Å². The maximum absolute atomic E-state index is 12.2. The first-order valence-electron chi connectivity index (χ1n) is 7.59. The van der Waals surface area contributed by atoms with Gasteiger partial charge in [0.05, 0.1) is 17.9 Å². The van der Waals surface area contributed by atoms with Gasteiger partial charge in [0.25, 0.3) is 0 Å². The van der Waals surface area contributed by atoms with Crippen molar-refractivity contribution in [3.63, 3.8) is 0 Å². The molecule has 0 unspecified atom stereocenters. The molecule has 116 valence electrons. The molecule has 2 aliphatic heterocycles. The topological polar surface area (TPSA) is 62.6 Å². The van der Waals surface area contributed by atoms with E-state index in [1.165, 1.54) is 0 Å². The van der Waals surface area contributed by atoms with Gasteiger partial charge in [-0.05, 0) is 19.9 Å². The number of hydrogen-bond acceptors (Lipinski definition) is 4. The van der Waals surface area contributed by atoms with Crippen LogP contribution < -0.4 is 5.32 Å². The minimum atomic E-state index is -0.0328. The van der Waals surface area contributed by atoms with Crippen LogP contribution in [0.1, 0.15) is 18.9 Å². The van der Waals surface area contributed by atoms with Gasteiger partial charge >= 0.3 is 6.03 Å². The number of hydrogen-bond donors (Lipinski definition) is 1. The molecule has 2 fully saturated rings. The summed E-state index contributed by atoms with van der Waals surface area (Å²) < 4.78 is 7.31. The number of aromatic nitrogens is 2. The third-order valence-corrected chi connectivity index (χ3v) is 4.21. The van der Waals surface area contributed by atoms with Crippen LogP contribution in [0.5, 0.6) is 0 Å². The van der Waals surface area contributed by atoms with E-state index in [0.717, 1.165) is 57.9 Å². The van der Waals surface area contributed by atoms with Crippen molar-refractivity contribution in [2.45, 2.75) is 18.9 Å². The lowest BCUT2D eigenvalue weighted by molar-refractivity contribution is 0.0662. The summed E-state index contributed by atoms with van der Waals surface area (Å²) in [4.78, 5) is 16.3. The first kappa shape index (κ1) is 14.3. The quantitative estimate of drug-likeness (QED) is 0.884. The SMILES string of the molecule is CN1CCN(C(=O)Nc2cnn(C3CCOCC3)c2)CC1. The van der Waals surface area contributed by atoms with Gasteiger partial charge in [0, 0.05) is 45.6 Å². The summed E-state index contributed by atoms with van der Waals surface area (Å²) in [6, 6.07) is 0.350. The second kappa shape index (κ2) is 6.44. The van der Waals surface area contributed by atoms with Gasteiger partial charge in [0.1, 0.15) is 0 Å². The largest absolute Gasteiger partial charge is 0.381 e. The number of anilines is 1. The number of likely N-dealkylation sites (N-methyl/N-ethyl adjacent to an activating group) is 1. The molecule has 7 heteroatoms. The summed E-state index contributed by atoms with van der Waals surface area (Å²) in [5.74, 6) is 0. The van der Waals surface area contributed by atoms with Crippen molar-refractivity contribution >= 4 is 11.7 Å². The van der Waals surface area contributed by atoms with Gasteiger partial charge in [-0.25, -0.2) is 4.79 Å². The Bertz CT molecular complexity index is 475. The highest BCUT2D eigenvalue weighted by Gasteiger charge is 2.20. The minimum Gasteiger partial charge on any atom is -0.381 e. The van der Waals surface area contributed by atoms with Crippen LogP contribution in [0.4, 0.5) is 10.5 Å². The Morgan fingerprint density at radius 1 is 1.29 bits per heavy atom. The summed E-state index contributed by atoms with van der Waals surface area (Å²) in [6.07, 6.45) is 5.61. The van der Waals surface area contributed by atoms with Crippen LogP contribution in [0.3, 0.4) is 0 Å². The number of carbonyl (C=O) groups is 1. The van der Waals surface area contributed by atoms with Gasteiger partial charge in [-0.15, -0.1) is 0 Å². The smallest absolute Gasteiger partial charge is 0.322 e. The fourth-order valence-electron chi connectivity index (χ4n) is 2.76. The van der Waals surface area contributed by atoms with Gasteiger partial charge in [-0.1, -0.05) is 0 Å². The van der Waals surface area contributed by atoms with Crippen LogP contribution in [0, 0.1) is 0 Å². The molecule has 3 heterocycles. The summed E-state index contributed by atoms with van der Waals surface area (Å²) >= 11 is 0. The van der Waals surface area contributed by atoms with Crippen LogP contribution in [-0.4, -0.2) is 72.1 Å². The van der Waals surface area contributed by atoms with Crippen LogP contribution in [0.25, 0.3) is 0 Å². The third kappa shape index (κ3) is 3.54. The van der Waals surface area contributed by atoms with Crippen molar-refractivity contribution in [2.24, 2.45) is 0 Å². The lowest BCUT2D eigenvalue weighted by atomic mass is 10.1. The normalized spacial score (nSPS) is 21.5. The van der Waals surface area contributed by atoms with Crippen LogP contribution >= 0.6 is 0 Å². The highest BCUT2D eigenvalue weighted by molar-refractivity contribution is 5.89. The number of nitrogens with zero attached hydrogens (tertiary/aromatic N) is 4. The molecule has 0 aliphatic carbocycles. The van der Waals surface area contributed by atoms with Crippen molar-refractivity contribution < 1.29 is 9.53 Å². The van der Waals surface area contributed by atoms with Crippen molar-refractivity contribution in [3.05, 3.63) is 12.4 Å². The Labute approximate surface area is 124 Å². The molecular formula is C14H23N5O2. The molecule has 21 heavy (non-hydrogen) atoms. The Morgan fingerprint density at radius 3 is 2.71 bits per heavy atom. The fourth-order valence-corrected chi connectivity index (χ4v) is 2.76. The Balaban J connectivity index is 1.55. The first-order chi connectivity index (χ1) is 10.2. The van der Waals surface area contributed by atoms with Crippen molar-refractivity contribution in [1.82, 2.24) is 19.6 Å². The standard InChI is InChI=1S/C14H23N5O2/c1-17-4-6-18(7-5-17)14(20)16-12-10-15-19(11-12)13-2-8-21-9-3-13/h10-11,13H,2-9H2,1H3,(H,16,20). The number of rotatable bonds is 2. The van der Waals surface area contributed by atoms with E-state index in [4.69, 9.17) is 4.74 Å². The van der Waals surface area contributed by atoms with E-state index in [0.29, 0.717) is 6.04 Å². The van der Waals surface area contributed by atoms with Crippen LogP contribution in [0.2, 0.25) is 0 Å². The molecule has 7 nitrogen and oxygen atoms in total. The molecule has 2 amide bonds. The van der Waals surface area contributed by atoms with E-state index < -0.39 is 0 Å². The van der Waals surface area contributed by atoms with E-state index in [1.807, 2.05) is 15.8 Å². The number of ether oxygens (including phenoxy) is 1. The highest BCUT2D eigenvalue weighted by atomic mass is 16.5. The molecule has 1 N–H and O–H groups in total. The molecule has 0 atom stereocenters. The molecule has 2 aliphatic rings. The third-order valence-electron chi connectivity index (χ3n) is 4.21. The summed E-state index contributed by atoms with van der Waals surface area (Å²) in [5, 5.41) is 7.31. The van der Waals surface area contributed by atoms with E-state index >= 15 is 0 Å². The molecule has 0 aromatic carbocycles. The predicted octanol–water partition coefficient (Wildman–Crippen LogP) is 1.01. The first-order valence-corrected chi connectivity index (χ1v) is 7.59. The highest BCUT2D eigenvalue weighted by Crippen LogP contribution is 2.21. The zero-order valence-corrected chi connectivity index (χ0v) is 12.5. The number of amides is 2. The van der Waals surface area contributed by atoms with Crippen molar-refractivity contribution in [2.75, 3.05) is 51.8 Å². The maximum Gasteiger partial charge on any atom is 0.322 e. The summed E-state index contributed by atoms with van der Waals surface area (Å²) in [6.45, 7) is 4.97. The van der Waals surface area contributed by atoms with E-state index in [1.54, 1.807) is 6.20 Å². The van der Waals surface area contributed by atoms with Gasteiger partial charge in [-0.2, -0.15) is 5.10 Å². The molecule has 3 rings (SSSR count). The number of nitrogens with one attached hydrogen (secondary N) is 1. The van der Waals surface area contributed by atoms with E-state index in [-0.39, 0.29) is 6.03 Å².